The average Bonchev–Trinajstić information content (AvgIpc) is 2.88. The third-order valence-corrected chi connectivity index (χ3v) is 6.43. The molecule has 6 nitrogen and oxygen atoms in total. The van der Waals surface area contributed by atoms with Gasteiger partial charge in [-0.05, 0) is 55.2 Å². The van der Waals surface area contributed by atoms with Gasteiger partial charge in [0.05, 0.1) is 17.3 Å². The van der Waals surface area contributed by atoms with Crippen LogP contribution in [0.15, 0.2) is 66.9 Å². The van der Waals surface area contributed by atoms with Crippen molar-refractivity contribution in [3.63, 3.8) is 0 Å². The highest BCUT2D eigenvalue weighted by Crippen LogP contribution is 2.40. The summed E-state index contributed by atoms with van der Waals surface area (Å²) in [6.45, 7) is 2.41. The summed E-state index contributed by atoms with van der Waals surface area (Å²) in [6, 6.07) is 19.2. The van der Waals surface area contributed by atoms with Gasteiger partial charge in [-0.2, -0.15) is 5.26 Å². The number of carbonyl (C=O) groups excluding carboxylic acids is 1. The minimum absolute atomic E-state index is 0.0128. The quantitative estimate of drug-likeness (QED) is 0.516. The molecule has 1 saturated heterocycles. The Labute approximate surface area is 198 Å². The second kappa shape index (κ2) is 10.0. The van der Waals surface area contributed by atoms with Crippen LogP contribution in [0, 0.1) is 17.1 Å². The molecule has 1 fully saturated rings. The molecule has 0 spiro atoms. The summed E-state index contributed by atoms with van der Waals surface area (Å²) in [4.78, 5) is 19.1. The number of aromatic nitrogens is 1. The zero-order valence-electron chi connectivity index (χ0n) is 18.9. The van der Waals surface area contributed by atoms with Crippen LogP contribution in [0.5, 0.6) is 0 Å². The van der Waals surface area contributed by atoms with Crippen LogP contribution >= 0.6 is 0 Å². The van der Waals surface area contributed by atoms with Crippen molar-refractivity contribution in [2.24, 2.45) is 0 Å². The molecule has 1 aliphatic heterocycles. The number of nitriles is 1. The Bertz CT molecular complexity index is 1170. The molecule has 1 aliphatic rings. The van der Waals surface area contributed by atoms with Gasteiger partial charge in [-0.3, -0.25) is 4.98 Å². The maximum atomic E-state index is 13.5. The number of pyridine rings is 1. The number of benzene rings is 2. The molecule has 2 atom stereocenters. The summed E-state index contributed by atoms with van der Waals surface area (Å²) in [5, 5.41) is 18.3. The molecule has 1 unspecified atom stereocenters. The van der Waals surface area contributed by atoms with Crippen LogP contribution in [-0.4, -0.2) is 34.2 Å². The van der Waals surface area contributed by atoms with Gasteiger partial charge in [0.15, 0.2) is 0 Å². The van der Waals surface area contributed by atoms with E-state index in [1.54, 1.807) is 35.4 Å². The Morgan fingerprint density at radius 3 is 2.50 bits per heavy atom. The smallest absolute Gasteiger partial charge is 0.411 e. The first-order valence-corrected chi connectivity index (χ1v) is 11.3. The molecular formula is C27H26FN3O3. The van der Waals surface area contributed by atoms with E-state index in [2.05, 4.69) is 11.1 Å². The van der Waals surface area contributed by atoms with Gasteiger partial charge in [0, 0.05) is 31.3 Å². The lowest BCUT2D eigenvalue weighted by Gasteiger charge is -2.43. The number of aliphatic hydroxyl groups is 1. The minimum Gasteiger partial charge on any atom is -0.438 e. The largest absolute Gasteiger partial charge is 0.438 e. The van der Waals surface area contributed by atoms with E-state index in [0.717, 1.165) is 22.4 Å². The van der Waals surface area contributed by atoms with Gasteiger partial charge in [0.2, 0.25) is 0 Å². The number of nitrogens with zero attached hydrogens (tertiary/aromatic N) is 3. The van der Waals surface area contributed by atoms with Crippen molar-refractivity contribution in [3.05, 3.63) is 89.4 Å². The molecule has 3 aromatic rings. The fourth-order valence-electron chi connectivity index (χ4n) is 4.41. The molecule has 2 heterocycles. The summed E-state index contributed by atoms with van der Waals surface area (Å²) in [7, 11) is 0. The van der Waals surface area contributed by atoms with Crippen molar-refractivity contribution in [3.8, 4) is 17.3 Å². The zero-order chi connectivity index (χ0) is 24.1. The number of carbonyl (C=O) groups is 1. The van der Waals surface area contributed by atoms with Crippen LogP contribution in [0.2, 0.25) is 0 Å². The third-order valence-electron chi connectivity index (χ3n) is 6.43. The highest BCUT2D eigenvalue weighted by Gasteiger charge is 2.43. The normalized spacial score (nSPS) is 18.8. The van der Waals surface area contributed by atoms with Crippen LogP contribution in [0.3, 0.4) is 0 Å². The molecule has 1 aromatic heterocycles. The fourth-order valence-corrected chi connectivity index (χ4v) is 4.41. The second-order valence-electron chi connectivity index (χ2n) is 8.48. The van der Waals surface area contributed by atoms with Crippen molar-refractivity contribution in [1.29, 1.82) is 5.26 Å². The molecule has 7 heteroatoms. The summed E-state index contributed by atoms with van der Waals surface area (Å²) in [5.41, 5.74) is 3.01. The van der Waals surface area contributed by atoms with Crippen molar-refractivity contribution in [2.45, 2.75) is 37.8 Å². The first-order chi connectivity index (χ1) is 16.5. The average molecular weight is 460 g/mol. The van der Waals surface area contributed by atoms with E-state index in [1.165, 1.54) is 12.1 Å². The Morgan fingerprint density at radius 1 is 1.18 bits per heavy atom. The Balaban J connectivity index is 1.50. The van der Waals surface area contributed by atoms with Crippen LogP contribution in [0.4, 0.5) is 9.18 Å². The van der Waals surface area contributed by atoms with Gasteiger partial charge >= 0.3 is 6.09 Å². The van der Waals surface area contributed by atoms with Crippen LogP contribution < -0.4 is 0 Å². The minimum atomic E-state index is -0.880. The van der Waals surface area contributed by atoms with Crippen LogP contribution in [-0.2, 0) is 10.3 Å². The molecule has 0 saturated carbocycles. The van der Waals surface area contributed by atoms with E-state index in [-0.39, 0.29) is 18.5 Å². The molecule has 1 N–H and O–H groups in total. The lowest BCUT2D eigenvalue weighted by Crippen LogP contribution is -2.48. The maximum absolute atomic E-state index is 13.5. The number of cyclic esters (lactones) is 1. The highest BCUT2D eigenvalue weighted by molar-refractivity contribution is 5.70. The standard InChI is InChI=1S/C27H26FN3O3/c1-19(21-4-6-22(7-5-21)25-12-3-20(17-29)18-30-25)31-15-14-27(13-2-16-32,34-26(31)33)23-8-10-24(28)11-9-23/h3-12,18-19,32H,2,13-16H2,1H3/t19-,27?/m0/s1. The van der Waals surface area contributed by atoms with Gasteiger partial charge in [-0.1, -0.05) is 36.4 Å². The Hall–Kier alpha value is -3.76. The number of hydrogen-bond acceptors (Lipinski definition) is 5. The van der Waals surface area contributed by atoms with Gasteiger partial charge in [0.1, 0.15) is 17.5 Å². The number of hydrogen-bond donors (Lipinski definition) is 1. The number of aliphatic hydroxyl groups excluding tert-OH is 1. The second-order valence-corrected chi connectivity index (χ2v) is 8.48. The van der Waals surface area contributed by atoms with Crippen LogP contribution in [0.25, 0.3) is 11.3 Å². The third kappa shape index (κ3) is 4.78. The van der Waals surface area contributed by atoms with E-state index in [1.807, 2.05) is 31.2 Å². The van der Waals surface area contributed by atoms with Gasteiger partial charge in [0.25, 0.3) is 0 Å². The van der Waals surface area contributed by atoms with Crippen molar-refractivity contribution in [1.82, 2.24) is 9.88 Å². The molecule has 34 heavy (non-hydrogen) atoms. The maximum Gasteiger partial charge on any atom is 0.411 e. The van der Waals surface area contributed by atoms with Crippen molar-refractivity contribution in [2.75, 3.05) is 13.2 Å². The predicted molar refractivity (Wildman–Crippen MR) is 125 cm³/mol. The van der Waals surface area contributed by atoms with E-state index in [9.17, 15) is 14.3 Å². The molecular weight excluding hydrogens is 433 g/mol. The van der Waals surface area contributed by atoms with Gasteiger partial charge in [-0.15, -0.1) is 0 Å². The fraction of sp³-hybridized carbons (Fsp3) is 0.296. The molecule has 0 bridgehead atoms. The monoisotopic (exact) mass is 459 g/mol. The first-order valence-electron chi connectivity index (χ1n) is 11.3. The van der Waals surface area contributed by atoms with Crippen LogP contribution in [0.1, 0.15) is 48.9 Å². The van der Waals surface area contributed by atoms with E-state index >= 15 is 0 Å². The lowest BCUT2D eigenvalue weighted by atomic mass is 9.84. The summed E-state index contributed by atoms with van der Waals surface area (Å²) < 4.78 is 19.5. The summed E-state index contributed by atoms with van der Waals surface area (Å²) >= 11 is 0. The highest BCUT2D eigenvalue weighted by atomic mass is 19.1. The molecule has 0 aliphatic carbocycles. The molecule has 174 valence electrons. The van der Waals surface area contributed by atoms with Crippen molar-refractivity contribution < 1.29 is 19.0 Å². The molecule has 2 aromatic carbocycles. The zero-order valence-corrected chi connectivity index (χ0v) is 18.9. The SMILES string of the molecule is C[C@@H](c1ccc(-c2ccc(C#N)cn2)cc1)N1CCC(CCCO)(c2ccc(F)cc2)OC1=O. The molecule has 4 rings (SSSR count). The number of halogens is 1. The summed E-state index contributed by atoms with van der Waals surface area (Å²) in [6.07, 6.45) is 2.60. The first kappa shape index (κ1) is 23.4. The van der Waals surface area contributed by atoms with Gasteiger partial charge in [-0.25, -0.2) is 9.18 Å². The summed E-state index contributed by atoms with van der Waals surface area (Å²) in [5.74, 6) is -0.349. The van der Waals surface area contributed by atoms with E-state index in [4.69, 9.17) is 10.00 Å². The van der Waals surface area contributed by atoms with E-state index < -0.39 is 11.7 Å². The Morgan fingerprint density at radius 2 is 1.91 bits per heavy atom. The van der Waals surface area contributed by atoms with Gasteiger partial charge < -0.3 is 14.7 Å². The predicted octanol–water partition coefficient (Wildman–Crippen LogP) is 5.33. The topological polar surface area (TPSA) is 86.5 Å². The molecule has 1 amide bonds. The van der Waals surface area contributed by atoms with E-state index in [0.29, 0.717) is 31.4 Å². The van der Waals surface area contributed by atoms with Crippen molar-refractivity contribution >= 4 is 6.09 Å². The number of rotatable bonds is 7. The molecule has 0 radical (unpaired) electrons. The lowest BCUT2D eigenvalue weighted by molar-refractivity contribution is -0.0680. The number of ether oxygens (including phenoxy) is 1. The number of amides is 1. The Kier molecular flexibility index (Phi) is 6.90.